The van der Waals surface area contributed by atoms with Gasteiger partial charge in [0.25, 0.3) is 0 Å². The van der Waals surface area contributed by atoms with E-state index >= 15 is 0 Å². The van der Waals surface area contributed by atoms with Gasteiger partial charge >= 0.3 is 5.97 Å². The highest BCUT2D eigenvalue weighted by atomic mass is 16.5. The van der Waals surface area contributed by atoms with Crippen LogP contribution in [0.15, 0.2) is 18.2 Å². The highest BCUT2D eigenvalue weighted by molar-refractivity contribution is 5.91. The molecule has 1 aromatic rings. The number of carbonyl (C=O) groups excluding carboxylic acids is 1. The number of unbranched alkanes of at least 4 members (excludes halogenated alkanes) is 1. The average molecular weight is 294 g/mol. The van der Waals surface area contributed by atoms with Crippen molar-refractivity contribution in [3.8, 4) is 5.75 Å². The maximum Gasteiger partial charge on any atom is 0.338 e. The lowest BCUT2D eigenvalue weighted by molar-refractivity contribution is 0.0500. The molecule has 0 heterocycles. The van der Waals surface area contributed by atoms with E-state index in [0.717, 1.165) is 25.8 Å². The molecule has 0 amide bonds. The Labute approximate surface area is 127 Å². The van der Waals surface area contributed by atoms with Crippen molar-refractivity contribution in [3.63, 3.8) is 0 Å². The highest BCUT2D eigenvalue weighted by Gasteiger charge is 2.10. The predicted octanol–water partition coefficient (Wildman–Crippen LogP) is 2.56. The van der Waals surface area contributed by atoms with E-state index in [1.807, 2.05) is 21.0 Å². The molecule has 1 rings (SSSR count). The Morgan fingerprint density at radius 2 is 2.00 bits per heavy atom. The Morgan fingerprint density at radius 3 is 2.62 bits per heavy atom. The van der Waals surface area contributed by atoms with E-state index in [4.69, 9.17) is 15.2 Å². The number of carbonyl (C=O) groups is 1. The number of hydrogen-bond acceptors (Lipinski definition) is 5. The smallest absolute Gasteiger partial charge is 0.338 e. The van der Waals surface area contributed by atoms with E-state index in [0.29, 0.717) is 30.2 Å². The molecule has 2 N–H and O–H groups in total. The zero-order valence-electron chi connectivity index (χ0n) is 13.2. The van der Waals surface area contributed by atoms with Crippen LogP contribution in [-0.2, 0) is 4.74 Å². The molecule has 21 heavy (non-hydrogen) atoms. The number of nitrogens with zero attached hydrogens (tertiary/aromatic N) is 1. The molecule has 0 saturated carbocycles. The van der Waals surface area contributed by atoms with Crippen LogP contribution in [-0.4, -0.2) is 44.7 Å². The van der Waals surface area contributed by atoms with Crippen molar-refractivity contribution in [1.82, 2.24) is 4.90 Å². The van der Waals surface area contributed by atoms with Gasteiger partial charge < -0.3 is 20.1 Å². The second-order valence-corrected chi connectivity index (χ2v) is 5.25. The first kappa shape index (κ1) is 17.3. The lowest BCUT2D eigenvalue weighted by atomic mass is 10.2. The molecule has 0 saturated heterocycles. The summed E-state index contributed by atoms with van der Waals surface area (Å²) in [5.41, 5.74) is 6.84. The molecule has 0 bridgehead atoms. The normalized spacial score (nSPS) is 10.7. The van der Waals surface area contributed by atoms with E-state index in [9.17, 15) is 4.79 Å². The summed E-state index contributed by atoms with van der Waals surface area (Å²) in [6, 6.07) is 5.02. The molecule has 5 heteroatoms. The van der Waals surface area contributed by atoms with Crippen molar-refractivity contribution < 1.29 is 14.3 Å². The van der Waals surface area contributed by atoms with Crippen LogP contribution in [0.3, 0.4) is 0 Å². The Hall–Kier alpha value is -1.75. The maximum absolute atomic E-state index is 11.8. The molecule has 0 aliphatic carbocycles. The molecular weight excluding hydrogens is 268 g/mol. The second-order valence-electron chi connectivity index (χ2n) is 5.25. The Balaban J connectivity index is 2.49. The fourth-order valence-corrected chi connectivity index (χ4v) is 1.76. The van der Waals surface area contributed by atoms with Gasteiger partial charge in [-0.05, 0) is 45.1 Å². The summed E-state index contributed by atoms with van der Waals surface area (Å²) in [7, 11) is 4.04. The third kappa shape index (κ3) is 6.49. The largest absolute Gasteiger partial charge is 0.491 e. The van der Waals surface area contributed by atoms with Gasteiger partial charge in [0.05, 0.1) is 24.5 Å². The van der Waals surface area contributed by atoms with E-state index in [2.05, 4.69) is 4.90 Å². The number of rotatable bonds is 9. The summed E-state index contributed by atoms with van der Waals surface area (Å²) in [5.74, 6) is 0.271. The number of anilines is 1. The van der Waals surface area contributed by atoms with Crippen LogP contribution in [0.25, 0.3) is 0 Å². The first-order valence-electron chi connectivity index (χ1n) is 7.38. The van der Waals surface area contributed by atoms with E-state index < -0.39 is 0 Å². The van der Waals surface area contributed by atoms with Gasteiger partial charge in [0, 0.05) is 6.54 Å². The molecule has 0 fully saturated rings. The molecular formula is C16H26N2O3. The third-order valence-electron chi connectivity index (χ3n) is 2.98. The van der Waals surface area contributed by atoms with Crippen LogP contribution in [0.5, 0.6) is 5.75 Å². The van der Waals surface area contributed by atoms with Crippen LogP contribution in [0.2, 0.25) is 0 Å². The molecule has 0 atom stereocenters. The highest BCUT2D eigenvalue weighted by Crippen LogP contribution is 2.23. The minimum atomic E-state index is -0.339. The molecule has 0 spiro atoms. The van der Waals surface area contributed by atoms with Crippen molar-refractivity contribution in [3.05, 3.63) is 23.8 Å². The fourth-order valence-electron chi connectivity index (χ4n) is 1.76. The molecule has 0 aromatic heterocycles. The zero-order chi connectivity index (χ0) is 15.7. The predicted molar refractivity (Wildman–Crippen MR) is 84.7 cm³/mol. The van der Waals surface area contributed by atoms with Gasteiger partial charge in [0.2, 0.25) is 0 Å². The number of esters is 1. The van der Waals surface area contributed by atoms with Crippen molar-refractivity contribution in [2.75, 3.05) is 39.6 Å². The zero-order valence-corrected chi connectivity index (χ0v) is 13.2. The monoisotopic (exact) mass is 294 g/mol. The Bertz CT molecular complexity index is 447. The summed E-state index contributed by atoms with van der Waals surface area (Å²) < 4.78 is 10.8. The third-order valence-corrected chi connectivity index (χ3v) is 2.98. The van der Waals surface area contributed by atoms with Gasteiger partial charge in [-0.1, -0.05) is 13.3 Å². The van der Waals surface area contributed by atoms with Crippen LogP contribution in [0, 0.1) is 0 Å². The summed E-state index contributed by atoms with van der Waals surface area (Å²) >= 11 is 0. The van der Waals surface area contributed by atoms with Crippen molar-refractivity contribution in [2.24, 2.45) is 0 Å². The first-order valence-corrected chi connectivity index (χ1v) is 7.38. The summed E-state index contributed by atoms with van der Waals surface area (Å²) in [4.78, 5) is 13.9. The van der Waals surface area contributed by atoms with Crippen LogP contribution < -0.4 is 10.5 Å². The standard InChI is InChI=1S/C16H26N2O3/c1-4-5-10-21-16(19)13-7-8-15(14(17)12-13)20-11-6-9-18(2)3/h7-8,12H,4-6,9-11,17H2,1-3H3. The van der Waals surface area contributed by atoms with Crippen LogP contribution >= 0.6 is 0 Å². The van der Waals surface area contributed by atoms with E-state index in [1.165, 1.54) is 0 Å². The van der Waals surface area contributed by atoms with Gasteiger partial charge in [-0.2, -0.15) is 0 Å². The van der Waals surface area contributed by atoms with E-state index in [1.54, 1.807) is 18.2 Å². The number of ether oxygens (including phenoxy) is 2. The fraction of sp³-hybridized carbons (Fsp3) is 0.562. The summed E-state index contributed by atoms with van der Waals surface area (Å²) in [6.07, 6.45) is 2.79. The molecule has 0 unspecified atom stereocenters. The van der Waals surface area contributed by atoms with Crippen molar-refractivity contribution in [1.29, 1.82) is 0 Å². The Morgan fingerprint density at radius 1 is 1.24 bits per heavy atom. The second kappa shape index (κ2) is 9.23. The van der Waals surface area contributed by atoms with Gasteiger partial charge in [-0.15, -0.1) is 0 Å². The quantitative estimate of drug-likeness (QED) is 0.431. The van der Waals surface area contributed by atoms with Crippen molar-refractivity contribution >= 4 is 11.7 Å². The average Bonchev–Trinajstić information content (AvgIpc) is 2.44. The number of benzene rings is 1. The molecule has 0 aliphatic heterocycles. The maximum atomic E-state index is 11.8. The van der Waals surface area contributed by atoms with Gasteiger partial charge in [-0.3, -0.25) is 0 Å². The number of nitrogens with two attached hydrogens (primary N) is 1. The Kier molecular flexibility index (Phi) is 7.61. The topological polar surface area (TPSA) is 64.8 Å². The molecule has 5 nitrogen and oxygen atoms in total. The lowest BCUT2D eigenvalue weighted by Gasteiger charge is -2.12. The molecule has 1 aromatic carbocycles. The number of hydrogen-bond donors (Lipinski definition) is 1. The lowest BCUT2D eigenvalue weighted by Crippen LogP contribution is -2.15. The summed E-state index contributed by atoms with van der Waals surface area (Å²) in [5, 5.41) is 0. The first-order chi connectivity index (χ1) is 10.0. The molecule has 0 radical (unpaired) electrons. The molecule has 0 aliphatic rings. The minimum absolute atomic E-state index is 0.339. The number of nitrogen functional groups attached to an aromatic ring is 1. The van der Waals surface area contributed by atoms with E-state index in [-0.39, 0.29) is 5.97 Å². The van der Waals surface area contributed by atoms with Gasteiger partial charge in [0.1, 0.15) is 5.75 Å². The van der Waals surface area contributed by atoms with Crippen LogP contribution in [0.1, 0.15) is 36.5 Å². The molecule has 118 valence electrons. The van der Waals surface area contributed by atoms with Crippen molar-refractivity contribution in [2.45, 2.75) is 26.2 Å². The van der Waals surface area contributed by atoms with Gasteiger partial charge in [-0.25, -0.2) is 4.79 Å². The summed E-state index contributed by atoms with van der Waals surface area (Å²) in [6.45, 7) is 4.05. The minimum Gasteiger partial charge on any atom is -0.491 e. The van der Waals surface area contributed by atoms with Crippen LogP contribution in [0.4, 0.5) is 5.69 Å². The van der Waals surface area contributed by atoms with Gasteiger partial charge in [0.15, 0.2) is 0 Å². The SMILES string of the molecule is CCCCOC(=O)c1ccc(OCCCN(C)C)c(N)c1.